The van der Waals surface area contributed by atoms with E-state index in [4.69, 9.17) is 27.9 Å². The summed E-state index contributed by atoms with van der Waals surface area (Å²) in [6.07, 6.45) is 0.584. The van der Waals surface area contributed by atoms with Crippen molar-refractivity contribution in [3.05, 3.63) is 74.8 Å². The van der Waals surface area contributed by atoms with E-state index in [0.29, 0.717) is 27.6 Å². The number of aliphatic hydroxyl groups excluding tert-OH is 1. The predicted octanol–water partition coefficient (Wildman–Crippen LogP) is 3.28. The Morgan fingerprint density at radius 1 is 1.12 bits per heavy atom. The standard InChI is InChI=1S/C18H16Cl2N2O3/c19-13-3-1-12(2-4-13)9-25-10-15(23)8-22-11-21-17-7-14(20)5-6-16(17)18(22)24/h1-7,11,15,23H,8-10H2/t15-/m0/s1. The average molecular weight is 379 g/mol. The smallest absolute Gasteiger partial charge is 0.261 e. The molecule has 1 atom stereocenters. The van der Waals surface area contributed by atoms with Crippen LogP contribution < -0.4 is 5.56 Å². The minimum Gasteiger partial charge on any atom is -0.389 e. The number of benzene rings is 2. The van der Waals surface area contributed by atoms with Crippen LogP contribution in [-0.2, 0) is 17.9 Å². The Bertz CT molecular complexity index is 926. The number of hydrogen-bond acceptors (Lipinski definition) is 4. The van der Waals surface area contributed by atoms with Gasteiger partial charge in [0.05, 0.1) is 43.1 Å². The fourth-order valence-corrected chi connectivity index (χ4v) is 2.73. The summed E-state index contributed by atoms with van der Waals surface area (Å²) in [6, 6.07) is 12.2. The zero-order valence-electron chi connectivity index (χ0n) is 13.2. The maximum atomic E-state index is 12.4. The summed E-state index contributed by atoms with van der Waals surface area (Å²) >= 11 is 11.7. The fourth-order valence-electron chi connectivity index (χ4n) is 2.43. The van der Waals surface area contributed by atoms with Gasteiger partial charge in [0.2, 0.25) is 0 Å². The summed E-state index contributed by atoms with van der Waals surface area (Å²) < 4.78 is 6.86. The van der Waals surface area contributed by atoms with Crippen LogP contribution in [0.5, 0.6) is 0 Å². The third kappa shape index (κ3) is 4.58. The van der Waals surface area contributed by atoms with Crippen LogP contribution in [0.25, 0.3) is 10.9 Å². The average Bonchev–Trinajstić information content (AvgIpc) is 2.59. The molecule has 130 valence electrons. The molecule has 0 fully saturated rings. The third-order valence-electron chi connectivity index (χ3n) is 3.69. The van der Waals surface area contributed by atoms with Crippen molar-refractivity contribution in [2.24, 2.45) is 0 Å². The lowest BCUT2D eigenvalue weighted by molar-refractivity contribution is 0.0198. The first kappa shape index (κ1) is 17.9. The van der Waals surface area contributed by atoms with E-state index in [-0.39, 0.29) is 18.7 Å². The molecule has 0 aliphatic carbocycles. The Morgan fingerprint density at radius 2 is 1.84 bits per heavy atom. The highest BCUT2D eigenvalue weighted by molar-refractivity contribution is 6.31. The van der Waals surface area contributed by atoms with Crippen molar-refractivity contribution in [1.29, 1.82) is 0 Å². The topological polar surface area (TPSA) is 64.4 Å². The van der Waals surface area contributed by atoms with Gasteiger partial charge in [-0.3, -0.25) is 9.36 Å². The Balaban J connectivity index is 1.61. The number of hydrogen-bond donors (Lipinski definition) is 1. The number of fused-ring (bicyclic) bond motifs is 1. The summed E-state index contributed by atoms with van der Waals surface area (Å²) in [7, 11) is 0. The molecule has 0 saturated carbocycles. The van der Waals surface area contributed by atoms with E-state index >= 15 is 0 Å². The molecule has 3 aromatic rings. The minimum absolute atomic E-state index is 0.102. The second-order valence-corrected chi connectivity index (χ2v) is 6.53. The largest absolute Gasteiger partial charge is 0.389 e. The van der Waals surface area contributed by atoms with Crippen molar-refractivity contribution < 1.29 is 9.84 Å². The van der Waals surface area contributed by atoms with Gasteiger partial charge < -0.3 is 9.84 Å². The first-order chi connectivity index (χ1) is 12.0. The van der Waals surface area contributed by atoms with Gasteiger partial charge in [0.15, 0.2) is 0 Å². The second-order valence-electron chi connectivity index (χ2n) is 5.66. The Labute approximate surface area is 154 Å². The van der Waals surface area contributed by atoms with E-state index < -0.39 is 6.10 Å². The molecule has 0 saturated heterocycles. The molecule has 0 aliphatic heterocycles. The molecule has 1 heterocycles. The van der Waals surface area contributed by atoms with Gasteiger partial charge in [-0.25, -0.2) is 4.98 Å². The van der Waals surface area contributed by atoms with Crippen LogP contribution in [0.1, 0.15) is 5.56 Å². The van der Waals surface area contributed by atoms with E-state index in [0.717, 1.165) is 5.56 Å². The van der Waals surface area contributed by atoms with Gasteiger partial charge in [0.1, 0.15) is 0 Å². The predicted molar refractivity (Wildman–Crippen MR) is 98.1 cm³/mol. The van der Waals surface area contributed by atoms with Crippen LogP contribution >= 0.6 is 23.2 Å². The van der Waals surface area contributed by atoms with E-state index in [1.807, 2.05) is 12.1 Å². The lowest BCUT2D eigenvalue weighted by Gasteiger charge is -2.13. The number of ether oxygens (including phenoxy) is 1. The third-order valence-corrected chi connectivity index (χ3v) is 4.17. The molecule has 1 N–H and O–H groups in total. The summed E-state index contributed by atoms with van der Waals surface area (Å²) in [5.74, 6) is 0. The van der Waals surface area contributed by atoms with Gasteiger partial charge in [-0.15, -0.1) is 0 Å². The van der Waals surface area contributed by atoms with Gasteiger partial charge in [0, 0.05) is 10.0 Å². The SMILES string of the molecule is O=c1c2ccc(Cl)cc2ncn1C[C@H](O)COCc1ccc(Cl)cc1. The van der Waals surface area contributed by atoms with Crippen molar-refractivity contribution in [3.63, 3.8) is 0 Å². The molecule has 0 aliphatic rings. The Kier molecular flexibility index (Phi) is 5.71. The molecule has 0 spiro atoms. The van der Waals surface area contributed by atoms with Gasteiger partial charge in [-0.1, -0.05) is 35.3 Å². The quantitative estimate of drug-likeness (QED) is 0.714. The van der Waals surface area contributed by atoms with Crippen LogP contribution in [0.2, 0.25) is 10.0 Å². The molecular formula is C18H16Cl2N2O3. The number of nitrogens with zero attached hydrogens (tertiary/aromatic N) is 2. The molecule has 5 nitrogen and oxygen atoms in total. The zero-order valence-corrected chi connectivity index (χ0v) is 14.7. The minimum atomic E-state index is -0.823. The molecule has 1 aromatic heterocycles. The molecule has 3 rings (SSSR count). The molecule has 25 heavy (non-hydrogen) atoms. The van der Waals surface area contributed by atoms with Crippen LogP contribution in [0.3, 0.4) is 0 Å². The lowest BCUT2D eigenvalue weighted by Crippen LogP contribution is -2.29. The van der Waals surface area contributed by atoms with Crippen molar-refractivity contribution >= 4 is 34.1 Å². The maximum Gasteiger partial charge on any atom is 0.261 e. The van der Waals surface area contributed by atoms with E-state index in [2.05, 4.69) is 4.98 Å². The zero-order chi connectivity index (χ0) is 17.8. The number of aliphatic hydroxyl groups is 1. The van der Waals surface area contributed by atoms with Crippen molar-refractivity contribution in [2.45, 2.75) is 19.3 Å². The number of rotatable bonds is 6. The van der Waals surface area contributed by atoms with E-state index in [9.17, 15) is 9.90 Å². The van der Waals surface area contributed by atoms with Gasteiger partial charge in [0.25, 0.3) is 5.56 Å². The monoisotopic (exact) mass is 378 g/mol. The van der Waals surface area contributed by atoms with Crippen molar-refractivity contribution in [1.82, 2.24) is 9.55 Å². The van der Waals surface area contributed by atoms with Gasteiger partial charge >= 0.3 is 0 Å². The molecule has 0 bridgehead atoms. The van der Waals surface area contributed by atoms with Crippen LogP contribution in [-0.4, -0.2) is 27.4 Å². The van der Waals surface area contributed by atoms with Gasteiger partial charge in [-0.2, -0.15) is 0 Å². The molecular weight excluding hydrogens is 363 g/mol. The molecule has 2 aromatic carbocycles. The maximum absolute atomic E-state index is 12.4. The van der Waals surface area contributed by atoms with E-state index in [1.165, 1.54) is 10.9 Å². The molecule has 0 amide bonds. The summed E-state index contributed by atoms with van der Waals surface area (Å²) in [5.41, 5.74) is 1.26. The molecule has 0 radical (unpaired) electrons. The first-order valence-electron chi connectivity index (χ1n) is 7.68. The number of aromatic nitrogens is 2. The van der Waals surface area contributed by atoms with Gasteiger partial charge in [-0.05, 0) is 35.9 Å². The highest BCUT2D eigenvalue weighted by atomic mass is 35.5. The first-order valence-corrected chi connectivity index (χ1v) is 8.43. The molecule has 7 heteroatoms. The summed E-state index contributed by atoms with van der Waals surface area (Å²) in [5, 5.41) is 11.8. The lowest BCUT2D eigenvalue weighted by atomic mass is 10.2. The Morgan fingerprint density at radius 3 is 2.60 bits per heavy atom. The van der Waals surface area contributed by atoms with E-state index in [1.54, 1.807) is 30.3 Å². The van der Waals surface area contributed by atoms with Crippen molar-refractivity contribution in [3.8, 4) is 0 Å². The van der Waals surface area contributed by atoms with Crippen LogP contribution in [0, 0.1) is 0 Å². The second kappa shape index (κ2) is 7.97. The van der Waals surface area contributed by atoms with Crippen LogP contribution in [0.4, 0.5) is 0 Å². The summed E-state index contributed by atoms with van der Waals surface area (Å²) in [4.78, 5) is 16.6. The Hall–Kier alpha value is -1.92. The highest BCUT2D eigenvalue weighted by Crippen LogP contribution is 2.14. The fraction of sp³-hybridized carbons (Fsp3) is 0.222. The van der Waals surface area contributed by atoms with Crippen LogP contribution in [0.15, 0.2) is 53.6 Å². The highest BCUT2D eigenvalue weighted by Gasteiger charge is 2.10. The van der Waals surface area contributed by atoms with Crippen molar-refractivity contribution in [2.75, 3.05) is 6.61 Å². The molecule has 0 unspecified atom stereocenters. The normalized spacial score (nSPS) is 12.4. The summed E-state index contributed by atoms with van der Waals surface area (Å²) in [6.45, 7) is 0.566. The number of halogens is 2.